The number of rotatable bonds is 5. The molecule has 0 aliphatic rings. The second-order valence-electron chi connectivity index (χ2n) is 6.32. The van der Waals surface area contributed by atoms with Gasteiger partial charge >= 0.3 is 23.9 Å². The summed E-state index contributed by atoms with van der Waals surface area (Å²) in [5.41, 5.74) is 3.42. The third-order valence-electron chi connectivity index (χ3n) is 3.76. The predicted molar refractivity (Wildman–Crippen MR) is 128 cm³/mol. The van der Waals surface area contributed by atoms with E-state index in [1.165, 1.54) is 12.8 Å². The number of unbranched alkanes of at least 4 members (excludes halogenated alkanes) is 2. The van der Waals surface area contributed by atoms with Gasteiger partial charge in [0.05, 0.1) is 11.4 Å². The van der Waals surface area contributed by atoms with Crippen LogP contribution in [0.1, 0.15) is 61.8 Å². The summed E-state index contributed by atoms with van der Waals surface area (Å²) in [5.74, 6) is 0. The largest absolute Gasteiger partial charge is 2.00 e. The summed E-state index contributed by atoms with van der Waals surface area (Å²) in [6.07, 6.45) is 4.56. The summed E-state index contributed by atoms with van der Waals surface area (Å²) < 4.78 is 0. The quantitative estimate of drug-likeness (QED) is 0.270. The minimum atomic E-state index is 0. The predicted octanol–water partition coefficient (Wildman–Crippen LogP) is 6.44. The Morgan fingerprint density at radius 3 is 1.10 bits per heavy atom. The zero-order valence-corrected chi connectivity index (χ0v) is 20.9. The Morgan fingerprint density at radius 1 is 0.690 bits per heavy atom. The van der Waals surface area contributed by atoms with Crippen LogP contribution in [-0.4, -0.2) is 35.3 Å². The van der Waals surface area contributed by atoms with Gasteiger partial charge in [-0.15, -0.1) is 0 Å². The molecule has 2 aromatic carbocycles. The van der Waals surface area contributed by atoms with Crippen molar-refractivity contribution in [3.8, 4) is 0 Å². The van der Waals surface area contributed by atoms with Crippen LogP contribution in [-0.2, 0) is 0 Å². The molecule has 0 aromatic heterocycles. The van der Waals surface area contributed by atoms with E-state index in [-0.39, 0.29) is 35.3 Å². The second kappa shape index (κ2) is 18.2. The molecule has 0 atom stereocenters. The maximum absolute atomic E-state index is 11.1. The fourth-order valence-corrected chi connectivity index (χ4v) is 1.89. The van der Waals surface area contributed by atoms with Crippen molar-refractivity contribution >= 4 is 35.3 Å². The first-order valence-corrected chi connectivity index (χ1v) is 9.62. The van der Waals surface area contributed by atoms with Gasteiger partial charge in [0.1, 0.15) is 0 Å². The van der Waals surface area contributed by atoms with Crippen molar-refractivity contribution in [1.29, 1.82) is 0 Å². The van der Waals surface area contributed by atoms with Crippen molar-refractivity contribution in [2.45, 2.75) is 53.4 Å². The third kappa shape index (κ3) is 11.7. The van der Waals surface area contributed by atoms with Crippen LogP contribution in [0.25, 0.3) is 0 Å². The normalized spacial score (nSPS) is 10.7. The zero-order valence-electron chi connectivity index (χ0n) is 18.1. The Kier molecular flexibility index (Phi) is 18.5. The average molecular weight is 499 g/mol. The van der Waals surface area contributed by atoms with E-state index in [4.69, 9.17) is 0 Å². The molecule has 5 heteroatoms. The van der Waals surface area contributed by atoms with Gasteiger partial charge in [0.25, 0.3) is 0 Å². The molecule has 0 heterocycles. The SMILES string of the molecule is Cc1ccc(C(=N\[O-])/C(=N/[O-])c2ccc(C)cc2)cc1.[CH2]CCC.[CH2]CCC.[Sn+2]. The summed E-state index contributed by atoms with van der Waals surface area (Å²) in [4.78, 5) is 0. The molecule has 29 heavy (non-hydrogen) atoms. The maximum Gasteiger partial charge on any atom is 2.00 e. The molecular formula is C24H32N2O2Sn. The number of aryl methyl sites for hydroxylation is 2. The monoisotopic (exact) mass is 500 g/mol. The molecule has 0 aliphatic heterocycles. The van der Waals surface area contributed by atoms with Gasteiger partial charge in [-0.05, 0) is 13.8 Å². The first-order valence-electron chi connectivity index (χ1n) is 9.62. The van der Waals surface area contributed by atoms with Crippen molar-refractivity contribution in [2.24, 2.45) is 10.3 Å². The van der Waals surface area contributed by atoms with Crippen molar-refractivity contribution in [3.05, 3.63) is 95.0 Å². The van der Waals surface area contributed by atoms with Crippen LogP contribution in [0.5, 0.6) is 0 Å². The molecular weight excluding hydrogens is 467 g/mol. The van der Waals surface area contributed by atoms with Gasteiger partial charge in [0, 0.05) is 11.1 Å². The second-order valence-corrected chi connectivity index (χ2v) is 6.32. The van der Waals surface area contributed by atoms with E-state index < -0.39 is 0 Å². The Labute approximate surface area is 193 Å². The molecule has 0 fully saturated rings. The Balaban J connectivity index is 0. The van der Waals surface area contributed by atoms with Gasteiger partial charge in [-0.3, -0.25) is 0 Å². The van der Waals surface area contributed by atoms with Gasteiger partial charge in [-0.25, -0.2) is 0 Å². The molecule has 4 radical (unpaired) electrons. The van der Waals surface area contributed by atoms with E-state index in [9.17, 15) is 10.4 Å². The third-order valence-corrected chi connectivity index (χ3v) is 3.76. The van der Waals surface area contributed by atoms with Crippen molar-refractivity contribution in [1.82, 2.24) is 0 Å². The van der Waals surface area contributed by atoms with Crippen LogP contribution < -0.4 is 0 Å². The van der Waals surface area contributed by atoms with Crippen molar-refractivity contribution in [3.63, 3.8) is 0 Å². The van der Waals surface area contributed by atoms with Crippen molar-refractivity contribution < 1.29 is 0 Å². The molecule has 0 saturated heterocycles. The van der Waals surface area contributed by atoms with Crippen LogP contribution >= 0.6 is 0 Å². The van der Waals surface area contributed by atoms with Gasteiger partial charge in [0.2, 0.25) is 0 Å². The van der Waals surface area contributed by atoms with Gasteiger partial charge < -0.3 is 20.7 Å². The molecule has 0 aliphatic carbocycles. The minimum absolute atomic E-state index is 0. The van der Waals surface area contributed by atoms with Gasteiger partial charge in [-0.1, -0.05) is 113 Å². The first kappa shape index (κ1) is 29.4. The Hall–Kier alpha value is -1.82. The Morgan fingerprint density at radius 2 is 0.931 bits per heavy atom. The molecule has 0 N–H and O–H groups in total. The maximum atomic E-state index is 11.1. The summed E-state index contributed by atoms with van der Waals surface area (Å²) in [6, 6.07) is 14.5. The minimum Gasteiger partial charge on any atom is -0.791 e. The molecule has 0 spiro atoms. The fraction of sp³-hybridized carbons (Fsp3) is 0.333. The van der Waals surface area contributed by atoms with Gasteiger partial charge in [-0.2, -0.15) is 0 Å². The van der Waals surface area contributed by atoms with E-state index in [0.29, 0.717) is 11.1 Å². The van der Waals surface area contributed by atoms with E-state index in [2.05, 4.69) is 38.0 Å². The van der Waals surface area contributed by atoms with Gasteiger partial charge in [0.15, 0.2) is 0 Å². The summed E-state index contributed by atoms with van der Waals surface area (Å²) in [7, 11) is 0. The van der Waals surface area contributed by atoms with Crippen LogP contribution in [0, 0.1) is 38.1 Å². The van der Waals surface area contributed by atoms with E-state index in [1.54, 1.807) is 24.3 Å². The molecule has 0 unspecified atom stereocenters. The molecule has 4 nitrogen and oxygen atoms in total. The van der Waals surface area contributed by atoms with Crippen LogP contribution in [0.4, 0.5) is 0 Å². The van der Waals surface area contributed by atoms with E-state index >= 15 is 0 Å². The van der Waals surface area contributed by atoms with Crippen LogP contribution in [0.3, 0.4) is 0 Å². The molecule has 0 saturated carbocycles. The molecule has 2 rings (SSSR count). The molecule has 2 aromatic rings. The van der Waals surface area contributed by atoms with E-state index in [1.807, 2.05) is 38.1 Å². The molecule has 0 bridgehead atoms. The summed E-state index contributed by atoms with van der Waals surface area (Å²) in [5, 5.41) is 28.2. The van der Waals surface area contributed by atoms with Crippen LogP contribution in [0.15, 0.2) is 58.8 Å². The summed E-state index contributed by atoms with van der Waals surface area (Å²) >= 11 is 0. The van der Waals surface area contributed by atoms with Crippen LogP contribution in [0.2, 0.25) is 0 Å². The first-order chi connectivity index (χ1) is 13.5. The van der Waals surface area contributed by atoms with E-state index in [0.717, 1.165) is 24.0 Å². The number of nitrogens with zero attached hydrogens (tertiary/aromatic N) is 2. The topological polar surface area (TPSA) is 70.8 Å². The smallest absolute Gasteiger partial charge is 0.791 e. The zero-order chi connectivity index (χ0) is 21.4. The summed E-state index contributed by atoms with van der Waals surface area (Å²) in [6.45, 7) is 15.3. The molecule has 154 valence electrons. The number of hydrogen-bond acceptors (Lipinski definition) is 4. The number of benzene rings is 2. The standard InChI is InChI=1S/C16H16N2O2.2C4H9.Sn/c1-11-3-7-13(8-4-11)15(17-19)16(18-20)14-9-5-12(2)6-10-14;2*1-3-4-2;/h3-10,19-20H,1-2H3;2*1,3-4H2,2H3;/q;;;+2/p-2/b17-15+,18-16+;;;. The van der Waals surface area contributed by atoms with Crippen molar-refractivity contribution in [2.75, 3.05) is 0 Å². The average Bonchev–Trinajstić information content (AvgIpc) is 2.74. The molecule has 0 amide bonds. The Bertz CT molecular complexity index is 641. The fourth-order valence-electron chi connectivity index (χ4n) is 1.89. The number of hydrogen-bond donors (Lipinski definition) is 0.